The highest BCUT2D eigenvalue weighted by Gasteiger charge is 2.21. The summed E-state index contributed by atoms with van der Waals surface area (Å²) < 4.78 is 29.1. The van der Waals surface area contributed by atoms with E-state index in [4.69, 9.17) is 21.4 Å². The lowest BCUT2D eigenvalue weighted by Gasteiger charge is -2.12. The zero-order chi connectivity index (χ0) is 10.7. The van der Waals surface area contributed by atoms with Crippen molar-refractivity contribution in [1.82, 2.24) is 0 Å². The van der Waals surface area contributed by atoms with Crippen molar-refractivity contribution in [2.45, 2.75) is 12.5 Å². The predicted molar refractivity (Wildman–Crippen MR) is 49.0 cm³/mol. The second-order valence-corrected chi connectivity index (χ2v) is 3.07. The SMILES string of the molecule is COc1ccc(C(O)C(F)F)c(Cl)c1. The van der Waals surface area contributed by atoms with Crippen molar-refractivity contribution in [2.24, 2.45) is 0 Å². The standard InChI is InChI=1S/C9H9ClF2O2/c1-14-5-2-3-6(7(10)4-5)8(13)9(11)12/h2-4,8-9,13H,1H3. The van der Waals surface area contributed by atoms with Gasteiger partial charge in [0.15, 0.2) is 0 Å². The fraction of sp³-hybridized carbons (Fsp3) is 0.333. The monoisotopic (exact) mass is 222 g/mol. The predicted octanol–water partition coefficient (Wildman–Crippen LogP) is 2.65. The number of methoxy groups -OCH3 is 1. The molecule has 2 nitrogen and oxygen atoms in total. The van der Waals surface area contributed by atoms with E-state index in [1.54, 1.807) is 0 Å². The van der Waals surface area contributed by atoms with E-state index in [1.807, 2.05) is 0 Å². The maximum absolute atomic E-state index is 12.1. The first-order chi connectivity index (χ1) is 6.56. The van der Waals surface area contributed by atoms with Crippen molar-refractivity contribution in [1.29, 1.82) is 0 Å². The average Bonchev–Trinajstić information content (AvgIpc) is 2.16. The van der Waals surface area contributed by atoms with Crippen LogP contribution in [0.25, 0.3) is 0 Å². The number of hydrogen-bond donors (Lipinski definition) is 1. The smallest absolute Gasteiger partial charge is 0.268 e. The molecular formula is C9H9ClF2O2. The van der Waals surface area contributed by atoms with Gasteiger partial charge in [0.05, 0.1) is 12.1 Å². The summed E-state index contributed by atoms with van der Waals surface area (Å²) in [5, 5.41) is 9.13. The van der Waals surface area contributed by atoms with Gasteiger partial charge in [-0.25, -0.2) is 8.78 Å². The molecule has 0 aliphatic heterocycles. The Morgan fingerprint density at radius 1 is 1.43 bits per heavy atom. The van der Waals surface area contributed by atoms with Crippen molar-refractivity contribution < 1.29 is 18.6 Å². The van der Waals surface area contributed by atoms with Gasteiger partial charge in [-0.1, -0.05) is 17.7 Å². The van der Waals surface area contributed by atoms with Gasteiger partial charge in [-0.05, 0) is 12.1 Å². The molecule has 1 unspecified atom stereocenters. The lowest BCUT2D eigenvalue weighted by atomic mass is 10.1. The Morgan fingerprint density at radius 3 is 2.50 bits per heavy atom. The fourth-order valence-corrected chi connectivity index (χ4v) is 1.29. The maximum atomic E-state index is 12.1. The van der Waals surface area contributed by atoms with Crippen LogP contribution in [0.4, 0.5) is 8.78 Å². The molecule has 78 valence electrons. The van der Waals surface area contributed by atoms with E-state index in [-0.39, 0.29) is 10.6 Å². The molecule has 0 fully saturated rings. The lowest BCUT2D eigenvalue weighted by Crippen LogP contribution is -2.08. The van der Waals surface area contributed by atoms with Gasteiger partial charge in [0, 0.05) is 5.56 Å². The summed E-state index contributed by atoms with van der Waals surface area (Å²) in [6.07, 6.45) is -4.70. The van der Waals surface area contributed by atoms with Crippen LogP contribution in [0.3, 0.4) is 0 Å². The molecule has 1 aromatic carbocycles. The van der Waals surface area contributed by atoms with Crippen molar-refractivity contribution in [3.8, 4) is 5.75 Å². The third kappa shape index (κ3) is 2.33. The molecular weight excluding hydrogens is 214 g/mol. The number of aliphatic hydroxyl groups excluding tert-OH is 1. The maximum Gasteiger partial charge on any atom is 0.268 e. The zero-order valence-corrected chi connectivity index (χ0v) is 8.13. The van der Waals surface area contributed by atoms with Gasteiger partial charge in [0.1, 0.15) is 11.9 Å². The number of aliphatic hydroxyl groups is 1. The van der Waals surface area contributed by atoms with Crippen LogP contribution in [-0.2, 0) is 0 Å². The summed E-state index contributed by atoms with van der Waals surface area (Å²) >= 11 is 5.67. The number of alkyl halides is 2. The van der Waals surface area contributed by atoms with Crippen LogP contribution in [0.1, 0.15) is 11.7 Å². The second kappa shape index (κ2) is 4.57. The molecule has 0 saturated heterocycles. The minimum Gasteiger partial charge on any atom is -0.497 e. The van der Waals surface area contributed by atoms with E-state index in [9.17, 15) is 8.78 Å². The molecule has 0 heterocycles. The molecule has 0 radical (unpaired) electrons. The topological polar surface area (TPSA) is 29.5 Å². The van der Waals surface area contributed by atoms with Crippen LogP contribution < -0.4 is 4.74 Å². The second-order valence-electron chi connectivity index (χ2n) is 2.67. The molecule has 0 aliphatic rings. The summed E-state index contributed by atoms with van der Waals surface area (Å²) in [6.45, 7) is 0. The number of hydrogen-bond acceptors (Lipinski definition) is 2. The number of halogens is 3. The first kappa shape index (κ1) is 11.2. The Labute approximate surface area is 85.1 Å². The van der Waals surface area contributed by atoms with E-state index < -0.39 is 12.5 Å². The third-order valence-electron chi connectivity index (χ3n) is 1.76. The summed E-state index contributed by atoms with van der Waals surface area (Å²) in [4.78, 5) is 0. The summed E-state index contributed by atoms with van der Waals surface area (Å²) in [5.74, 6) is 0.459. The molecule has 0 amide bonds. The van der Waals surface area contributed by atoms with Gasteiger partial charge in [0.2, 0.25) is 0 Å². The molecule has 0 saturated carbocycles. The minimum atomic E-state index is -2.85. The summed E-state index contributed by atoms with van der Waals surface area (Å²) in [5.41, 5.74) is 0.00228. The average molecular weight is 223 g/mol. The van der Waals surface area contributed by atoms with Crippen molar-refractivity contribution in [3.05, 3.63) is 28.8 Å². The molecule has 0 aliphatic carbocycles. The molecule has 0 spiro atoms. The molecule has 0 aromatic heterocycles. The Morgan fingerprint density at radius 2 is 2.07 bits per heavy atom. The van der Waals surface area contributed by atoms with E-state index >= 15 is 0 Å². The van der Waals surface area contributed by atoms with Crippen LogP contribution in [0.2, 0.25) is 5.02 Å². The van der Waals surface area contributed by atoms with E-state index in [1.165, 1.54) is 25.3 Å². The highest BCUT2D eigenvalue weighted by Crippen LogP contribution is 2.30. The van der Waals surface area contributed by atoms with Crippen LogP contribution in [-0.4, -0.2) is 18.6 Å². The van der Waals surface area contributed by atoms with Gasteiger partial charge in [0.25, 0.3) is 6.43 Å². The highest BCUT2D eigenvalue weighted by atomic mass is 35.5. The van der Waals surface area contributed by atoms with Crippen LogP contribution in [0.15, 0.2) is 18.2 Å². The summed E-state index contributed by atoms with van der Waals surface area (Å²) in [6, 6.07) is 4.16. The van der Waals surface area contributed by atoms with Crippen LogP contribution in [0, 0.1) is 0 Å². The molecule has 1 aromatic rings. The Bertz CT molecular complexity index is 318. The Kier molecular flexibility index (Phi) is 3.66. The highest BCUT2D eigenvalue weighted by molar-refractivity contribution is 6.31. The zero-order valence-electron chi connectivity index (χ0n) is 7.38. The van der Waals surface area contributed by atoms with E-state index in [0.717, 1.165) is 0 Å². The van der Waals surface area contributed by atoms with Crippen LogP contribution in [0.5, 0.6) is 5.75 Å². The van der Waals surface area contributed by atoms with Gasteiger partial charge >= 0.3 is 0 Å². The first-order valence-corrected chi connectivity index (χ1v) is 4.23. The largest absolute Gasteiger partial charge is 0.497 e. The molecule has 1 rings (SSSR count). The normalized spacial score (nSPS) is 13.0. The lowest BCUT2D eigenvalue weighted by molar-refractivity contribution is -0.00574. The van der Waals surface area contributed by atoms with Gasteiger partial charge in [-0.15, -0.1) is 0 Å². The van der Waals surface area contributed by atoms with Crippen molar-refractivity contribution >= 4 is 11.6 Å². The quantitative estimate of drug-likeness (QED) is 0.852. The van der Waals surface area contributed by atoms with Crippen molar-refractivity contribution in [2.75, 3.05) is 7.11 Å². The van der Waals surface area contributed by atoms with Gasteiger partial charge in [-0.3, -0.25) is 0 Å². The number of ether oxygens (including phenoxy) is 1. The van der Waals surface area contributed by atoms with E-state index in [2.05, 4.69) is 0 Å². The van der Waals surface area contributed by atoms with Gasteiger partial charge in [-0.2, -0.15) is 0 Å². The molecule has 1 atom stereocenters. The third-order valence-corrected chi connectivity index (χ3v) is 2.09. The number of rotatable bonds is 3. The molecule has 5 heteroatoms. The van der Waals surface area contributed by atoms with Crippen LogP contribution >= 0.6 is 11.6 Å². The molecule has 0 bridgehead atoms. The molecule has 1 N–H and O–H groups in total. The fourth-order valence-electron chi connectivity index (χ4n) is 1.01. The van der Waals surface area contributed by atoms with E-state index in [0.29, 0.717) is 5.75 Å². The summed E-state index contributed by atoms with van der Waals surface area (Å²) in [7, 11) is 1.44. The first-order valence-electron chi connectivity index (χ1n) is 3.86. The minimum absolute atomic E-state index is 0.00228. The van der Waals surface area contributed by atoms with Crippen molar-refractivity contribution in [3.63, 3.8) is 0 Å². The van der Waals surface area contributed by atoms with Gasteiger partial charge < -0.3 is 9.84 Å². The Balaban J connectivity index is 2.99. The molecule has 14 heavy (non-hydrogen) atoms. The number of benzene rings is 1. The Hall–Kier alpha value is -0.870.